The van der Waals surface area contributed by atoms with Gasteiger partial charge in [0.05, 0.1) is 6.61 Å². The molecule has 0 rings (SSSR count). The van der Waals surface area contributed by atoms with Crippen molar-refractivity contribution in [1.29, 1.82) is 0 Å². The second kappa shape index (κ2) is 6.94. The van der Waals surface area contributed by atoms with Crippen LogP contribution in [0.4, 0.5) is 4.79 Å². The SMILES string of the molecule is C#CCCCNC(=O)OCC. The van der Waals surface area contributed by atoms with Crippen molar-refractivity contribution in [3.63, 3.8) is 0 Å². The number of unbranched alkanes of at least 4 members (excludes halogenated alkanes) is 1. The Labute approximate surface area is 67.1 Å². The summed E-state index contributed by atoms with van der Waals surface area (Å²) in [6, 6.07) is 0. The van der Waals surface area contributed by atoms with Gasteiger partial charge in [0.25, 0.3) is 0 Å². The average molecular weight is 155 g/mol. The largest absolute Gasteiger partial charge is 0.450 e. The van der Waals surface area contributed by atoms with Gasteiger partial charge in [-0.3, -0.25) is 0 Å². The summed E-state index contributed by atoms with van der Waals surface area (Å²) in [7, 11) is 0. The number of terminal acetylenes is 1. The monoisotopic (exact) mass is 155 g/mol. The van der Waals surface area contributed by atoms with Crippen molar-refractivity contribution in [2.24, 2.45) is 0 Å². The van der Waals surface area contributed by atoms with Crippen LogP contribution in [0.5, 0.6) is 0 Å². The van der Waals surface area contributed by atoms with Crippen LogP contribution >= 0.6 is 0 Å². The van der Waals surface area contributed by atoms with E-state index in [1.807, 2.05) is 0 Å². The molecule has 62 valence electrons. The van der Waals surface area contributed by atoms with Gasteiger partial charge in [0.1, 0.15) is 0 Å². The van der Waals surface area contributed by atoms with Gasteiger partial charge in [-0.15, -0.1) is 12.3 Å². The number of carbonyl (C=O) groups excluding carboxylic acids is 1. The quantitative estimate of drug-likeness (QED) is 0.488. The van der Waals surface area contributed by atoms with E-state index in [1.165, 1.54) is 0 Å². The minimum atomic E-state index is -0.371. The van der Waals surface area contributed by atoms with E-state index in [0.717, 1.165) is 6.42 Å². The Balaban J connectivity index is 3.12. The lowest BCUT2D eigenvalue weighted by Gasteiger charge is -2.02. The van der Waals surface area contributed by atoms with E-state index in [9.17, 15) is 4.79 Å². The van der Waals surface area contributed by atoms with E-state index < -0.39 is 0 Å². The number of hydrogen-bond acceptors (Lipinski definition) is 2. The van der Waals surface area contributed by atoms with Crippen LogP contribution in [0.3, 0.4) is 0 Å². The fourth-order valence-electron chi connectivity index (χ4n) is 0.563. The second-order valence-electron chi connectivity index (χ2n) is 1.95. The van der Waals surface area contributed by atoms with E-state index in [2.05, 4.69) is 16.0 Å². The van der Waals surface area contributed by atoms with Crippen molar-refractivity contribution < 1.29 is 9.53 Å². The van der Waals surface area contributed by atoms with Crippen LogP contribution in [0.2, 0.25) is 0 Å². The molecule has 1 N–H and O–H groups in total. The van der Waals surface area contributed by atoms with Gasteiger partial charge in [0, 0.05) is 13.0 Å². The van der Waals surface area contributed by atoms with Crippen LogP contribution in [-0.2, 0) is 4.74 Å². The molecule has 0 aromatic rings. The molecule has 0 saturated carbocycles. The number of rotatable bonds is 4. The molecule has 0 aliphatic heterocycles. The Bertz CT molecular complexity index is 149. The third-order valence-corrected chi connectivity index (χ3v) is 1.04. The molecule has 0 unspecified atom stereocenters. The fourth-order valence-corrected chi connectivity index (χ4v) is 0.563. The highest BCUT2D eigenvalue weighted by Crippen LogP contribution is 1.83. The van der Waals surface area contributed by atoms with Crippen LogP contribution < -0.4 is 5.32 Å². The van der Waals surface area contributed by atoms with Crippen LogP contribution in [0, 0.1) is 12.3 Å². The van der Waals surface area contributed by atoms with Crippen LogP contribution in [0.15, 0.2) is 0 Å². The molecule has 0 radical (unpaired) electrons. The third kappa shape index (κ3) is 6.72. The smallest absolute Gasteiger partial charge is 0.407 e. The van der Waals surface area contributed by atoms with Crippen molar-refractivity contribution in [1.82, 2.24) is 5.32 Å². The molecule has 0 spiro atoms. The Hall–Kier alpha value is -1.17. The van der Waals surface area contributed by atoms with Crippen molar-refractivity contribution in [2.75, 3.05) is 13.2 Å². The molecule has 1 amide bonds. The van der Waals surface area contributed by atoms with Gasteiger partial charge in [-0.1, -0.05) is 0 Å². The van der Waals surface area contributed by atoms with Crippen LogP contribution in [-0.4, -0.2) is 19.2 Å². The third-order valence-electron chi connectivity index (χ3n) is 1.04. The number of alkyl carbamates (subject to hydrolysis) is 1. The summed E-state index contributed by atoms with van der Waals surface area (Å²) in [5.74, 6) is 2.48. The summed E-state index contributed by atoms with van der Waals surface area (Å²) in [6.07, 6.45) is 6.13. The maximum atomic E-state index is 10.6. The molecular formula is C8H13NO2. The van der Waals surface area contributed by atoms with E-state index >= 15 is 0 Å². The van der Waals surface area contributed by atoms with Gasteiger partial charge in [0.15, 0.2) is 0 Å². The first-order valence-electron chi connectivity index (χ1n) is 3.65. The molecule has 0 bridgehead atoms. The summed E-state index contributed by atoms with van der Waals surface area (Å²) >= 11 is 0. The number of ether oxygens (including phenoxy) is 1. The molecule has 0 aromatic carbocycles. The molecule has 0 heterocycles. The molecule has 3 nitrogen and oxygen atoms in total. The predicted molar refractivity (Wildman–Crippen MR) is 43.1 cm³/mol. The summed E-state index contributed by atoms with van der Waals surface area (Å²) in [5, 5.41) is 2.56. The van der Waals surface area contributed by atoms with Crippen molar-refractivity contribution >= 4 is 6.09 Å². The van der Waals surface area contributed by atoms with Crippen molar-refractivity contribution in [3.05, 3.63) is 0 Å². The molecule has 0 atom stereocenters. The molecule has 0 aliphatic carbocycles. The average Bonchev–Trinajstić information content (AvgIpc) is 1.99. The minimum absolute atomic E-state index is 0.371. The molecule has 3 heteroatoms. The first kappa shape index (κ1) is 9.83. The summed E-state index contributed by atoms with van der Waals surface area (Å²) in [4.78, 5) is 10.6. The number of nitrogens with one attached hydrogen (secondary N) is 1. The molecule has 0 aliphatic rings. The van der Waals surface area contributed by atoms with E-state index in [-0.39, 0.29) is 6.09 Å². The normalized spacial score (nSPS) is 8.36. The van der Waals surface area contributed by atoms with E-state index in [0.29, 0.717) is 19.6 Å². The lowest BCUT2D eigenvalue weighted by Crippen LogP contribution is -2.25. The summed E-state index contributed by atoms with van der Waals surface area (Å²) < 4.78 is 4.62. The van der Waals surface area contributed by atoms with Gasteiger partial charge in [-0.2, -0.15) is 0 Å². The summed E-state index contributed by atoms with van der Waals surface area (Å²) in [6.45, 7) is 2.75. The maximum absolute atomic E-state index is 10.6. The van der Waals surface area contributed by atoms with E-state index in [1.54, 1.807) is 6.92 Å². The maximum Gasteiger partial charge on any atom is 0.407 e. The zero-order chi connectivity index (χ0) is 8.53. The highest BCUT2D eigenvalue weighted by Gasteiger charge is 1.96. The second-order valence-corrected chi connectivity index (χ2v) is 1.95. The molecular weight excluding hydrogens is 142 g/mol. The predicted octanol–water partition coefficient (Wildman–Crippen LogP) is 1.15. The Kier molecular flexibility index (Phi) is 6.20. The van der Waals surface area contributed by atoms with Gasteiger partial charge < -0.3 is 10.1 Å². The zero-order valence-corrected chi connectivity index (χ0v) is 6.72. The molecule has 0 saturated heterocycles. The lowest BCUT2D eigenvalue weighted by atomic mass is 10.3. The van der Waals surface area contributed by atoms with Crippen molar-refractivity contribution in [2.45, 2.75) is 19.8 Å². The number of hydrogen-bond donors (Lipinski definition) is 1. The molecule has 0 fully saturated rings. The fraction of sp³-hybridized carbons (Fsp3) is 0.625. The zero-order valence-electron chi connectivity index (χ0n) is 6.72. The van der Waals surface area contributed by atoms with Gasteiger partial charge in [-0.25, -0.2) is 4.79 Å². The molecule has 0 aromatic heterocycles. The topological polar surface area (TPSA) is 38.3 Å². The summed E-state index contributed by atoms with van der Waals surface area (Å²) in [5.41, 5.74) is 0. The Morgan fingerprint density at radius 1 is 1.73 bits per heavy atom. The Morgan fingerprint density at radius 3 is 3.00 bits per heavy atom. The first-order chi connectivity index (χ1) is 5.31. The van der Waals surface area contributed by atoms with Crippen LogP contribution in [0.25, 0.3) is 0 Å². The Morgan fingerprint density at radius 2 is 2.45 bits per heavy atom. The number of carbonyl (C=O) groups is 1. The van der Waals surface area contributed by atoms with Gasteiger partial charge in [0.2, 0.25) is 0 Å². The number of amides is 1. The highest BCUT2D eigenvalue weighted by molar-refractivity contribution is 5.66. The van der Waals surface area contributed by atoms with Gasteiger partial charge in [-0.05, 0) is 13.3 Å². The lowest BCUT2D eigenvalue weighted by molar-refractivity contribution is 0.152. The van der Waals surface area contributed by atoms with Gasteiger partial charge >= 0.3 is 6.09 Å². The molecule has 11 heavy (non-hydrogen) atoms. The standard InChI is InChI=1S/C8H13NO2/c1-3-5-6-7-9-8(10)11-4-2/h1H,4-7H2,2H3,(H,9,10). The van der Waals surface area contributed by atoms with Crippen molar-refractivity contribution in [3.8, 4) is 12.3 Å². The minimum Gasteiger partial charge on any atom is -0.450 e. The first-order valence-corrected chi connectivity index (χ1v) is 3.65. The highest BCUT2D eigenvalue weighted by atomic mass is 16.5. The van der Waals surface area contributed by atoms with E-state index in [4.69, 9.17) is 6.42 Å². The van der Waals surface area contributed by atoms with Crippen LogP contribution in [0.1, 0.15) is 19.8 Å².